The van der Waals surface area contributed by atoms with Gasteiger partial charge in [-0.05, 0) is 30.3 Å². The van der Waals surface area contributed by atoms with E-state index in [-0.39, 0.29) is 5.84 Å². The van der Waals surface area contributed by atoms with E-state index < -0.39 is 0 Å². The average Bonchev–Trinajstić information content (AvgIpc) is 2.39. The molecule has 0 spiro atoms. The van der Waals surface area contributed by atoms with Crippen molar-refractivity contribution < 1.29 is 4.74 Å². The molecule has 0 aliphatic carbocycles. The largest absolute Gasteiger partial charge is 0.497 e. The van der Waals surface area contributed by atoms with Gasteiger partial charge in [0, 0.05) is 16.7 Å². The van der Waals surface area contributed by atoms with Crippen LogP contribution < -0.4 is 10.5 Å². The Morgan fingerprint density at radius 3 is 2.89 bits per heavy atom. The third kappa shape index (κ3) is 2.81. The van der Waals surface area contributed by atoms with E-state index in [2.05, 4.69) is 4.98 Å². The molecule has 0 aliphatic rings. The number of aromatic nitrogens is 1. The molecule has 1 aromatic heterocycles. The normalized spacial score (nSPS) is 10.1. The molecule has 0 radical (unpaired) electrons. The number of pyridine rings is 1. The van der Waals surface area contributed by atoms with Crippen LogP contribution in [0.4, 0.5) is 0 Å². The quantitative estimate of drug-likeness (QED) is 0.653. The smallest absolute Gasteiger partial charge is 0.125 e. The maximum Gasteiger partial charge on any atom is 0.125 e. The van der Waals surface area contributed by atoms with Gasteiger partial charge in [-0.3, -0.25) is 5.41 Å². The van der Waals surface area contributed by atoms with Crippen molar-refractivity contribution in [1.82, 2.24) is 4.98 Å². The Morgan fingerprint density at radius 2 is 2.17 bits per heavy atom. The van der Waals surface area contributed by atoms with Gasteiger partial charge in [-0.15, -0.1) is 0 Å². The van der Waals surface area contributed by atoms with Crippen molar-refractivity contribution in [2.75, 3.05) is 7.11 Å². The Balaban J connectivity index is 2.31. The predicted molar refractivity (Wildman–Crippen MR) is 72.4 cm³/mol. The second-order valence-electron chi connectivity index (χ2n) is 3.55. The fourth-order valence-corrected chi connectivity index (χ4v) is 2.40. The number of ether oxygens (including phenoxy) is 1. The van der Waals surface area contributed by atoms with Crippen LogP contribution in [0.5, 0.6) is 5.75 Å². The zero-order chi connectivity index (χ0) is 13.0. The van der Waals surface area contributed by atoms with Crippen molar-refractivity contribution in [3.63, 3.8) is 0 Å². The van der Waals surface area contributed by atoms with Gasteiger partial charge >= 0.3 is 0 Å². The number of hydrogen-bond acceptors (Lipinski definition) is 4. The summed E-state index contributed by atoms with van der Waals surface area (Å²) in [5, 5.41) is 8.24. The van der Waals surface area contributed by atoms with Crippen LogP contribution >= 0.6 is 11.8 Å². The van der Waals surface area contributed by atoms with E-state index in [9.17, 15) is 0 Å². The molecule has 0 bridgehead atoms. The van der Waals surface area contributed by atoms with Gasteiger partial charge in [0.15, 0.2) is 0 Å². The van der Waals surface area contributed by atoms with Crippen molar-refractivity contribution in [1.29, 1.82) is 5.41 Å². The summed E-state index contributed by atoms with van der Waals surface area (Å²) >= 11 is 1.46. The summed E-state index contributed by atoms with van der Waals surface area (Å²) in [6.07, 6.45) is 1.69. The molecule has 0 unspecified atom stereocenters. The van der Waals surface area contributed by atoms with Crippen LogP contribution in [-0.4, -0.2) is 17.9 Å². The number of methoxy groups -OCH3 is 1. The van der Waals surface area contributed by atoms with Gasteiger partial charge in [-0.1, -0.05) is 17.8 Å². The van der Waals surface area contributed by atoms with E-state index in [4.69, 9.17) is 15.9 Å². The number of amidine groups is 1. The van der Waals surface area contributed by atoms with Gasteiger partial charge < -0.3 is 10.5 Å². The lowest BCUT2D eigenvalue weighted by molar-refractivity contribution is 0.413. The van der Waals surface area contributed by atoms with Crippen LogP contribution in [0.3, 0.4) is 0 Å². The van der Waals surface area contributed by atoms with Gasteiger partial charge in [-0.2, -0.15) is 0 Å². The Bertz CT molecular complexity index is 572. The highest BCUT2D eigenvalue weighted by atomic mass is 32.2. The molecule has 0 saturated carbocycles. The second-order valence-corrected chi connectivity index (χ2v) is 4.61. The number of nitrogens with two attached hydrogens (primary N) is 1. The molecule has 3 N–H and O–H groups in total. The third-order valence-electron chi connectivity index (χ3n) is 2.32. The number of rotatable bonds is 4. The molecule has 5 heteroatoms. The van der Waals surface area contributed by atoms with Crippen molar-refractivity contribution in [2.45, 2.75) is 9.92 Å². The molecule has 92 valence electrons. The molecular weight excluding hydrogens is 246 g/mol. The van der Waals surface area contributed by atoms with Crippen LogP contribution in [0.15, 0.2) is 52.5 Å². The van der Waals surface area contributed by atoms with E-state index in [0.29, 0.717) is 5.56 Å². The number of hydrogen-bond donors (Lipinski definition) is 2. The first-order valence-corrected chi connectivity index (χ1v) is 6.13. The van der Waals surface area contributed by atoms with Crippen molar-refractivity contribution >= 4 is 17.6 Å². The highest BCUT2D eigenvalue weighted by Crippen LogP contribution is 2.30. The molecule has 4 nitrogen and oxygen atoms in total. The molecule has 0 atom stereocenters. The molecule has 0 amide bonds. The van der Waals surface area contributed by atoms with Crippen LogP contribution in [-0.2, 0) is 0 Å². The lowest BCUT2D eigenvalue weighted by Crippen LogP contribution is -2.12. The summed E-state index contributed by atoms with van der Waals surface area (Å²) in [5.41, 5.74) is 6.17. The van der Waals surface area contributed by atoms with Crippen LogP contribution in [0.2, 0.25) is 0 Å². The third-order valence-corrected chi connectivity index (χ3v) is 3.33. The molecule has 2 aromatic rings. The summed E-state index contributed by atoms with van der Waals surface area (Å²) < 4.78 is 5.17. The minimum atomic E-state index is 0.0218. The fraction of sp³-hybridized carbons (Fsp3) is 0.0769. The summed E-state index contributed by atoms with van der Waals surface area (Å²) in [6.45, 7) is 0. The van der Waals surface area contributed by atoms with Gasteiger partial charge in [-0.25, -0.2) is 4.98 Å². The van der Waals surface area contributed by atoms with Crippen molar-refractivity contribution in [2.24, 2.45) is 5.73 Å². The van der Waals surface area contributed by atoms with E-state index in [1.54, 1.807) is 25.4 Å². The summed E-state index contributed by atoms with van der Waals surface area (Å²) in [6, 6.07) is 11.2. The second kappa shape index (κ2) is 5.55. The summed E-state index contributed by atoms with van der Waals surface area (Å²) in [4.78, 5) is 5.25. The van der Waals surface area contributed by atoms with Crippen molar-refractivity contribution in [3.05, 3.63) is 48.2 Å². The lowest BCUT2D eigenvalue weighted by Gasteiger charge is -2.07. The van der Waals surface area contributed by atoms with Crippen molar-refractivity contribution in [3.8, 4) is 5.75 Å². The highest BCUT2D eigenvalue weighted by Gasteiger charge is 2.08. The Hall–Kier alpha value is -2.01. The molecule has 18 heavy (non-hydrogen) atoms. The molecule has 0 fully saturated rings. The molecule has 2 rings (SSSR count). The summed E-state index contributed by atoms with van der Waals surface area (Å²) in [5.74, 6) is 0.814. The molecule has 1 aromatic carbocycles. The summed E-state index contributed by atoms with van der Waals surface area (Å²) in [7, 11) is 1.63. The number of benzene rings is 1. The SMILES string of the molecule is COc1cccc(Sc2ncccc2C(=N)N)c1. The standard InChI is InChI=1S/C13H13N3OS/c1-17-9-4-2-5-10(8-9)18-13-11(12(14)15)6-3-7-16-13/h2-8H,1H3,(H3,14,15). The van der Waals surface area contributed by atoms with Crippen LogP contribution in [0.1, 0.15) is 5.56 Å². The predicted octanol–water partition coefficient (Wildman–Crippen LogP) is 2.53. The first-order valence-electron chi connectivity index (χ1n) is 5.32. The minimum absolute atomic E-state index is 0.0218. The Morgan fingerprint density at radius 1 is 1.33 bits per heavy atom. The van der Waals surface area contributed by atoms with Crippen LogP contribution in [0, 0.1) is 5.41 Å². The highest BCUT2D eigenvalue weighted by molar-refractivity contribution is 7.99. The van der Waals surface area contributed by atoms with Gasteiger partial charge in [0.2, 0.25) is 0 Å². The van der Waals surface area contributed by atoms with Gasteiger partial charge in [0.25, 0.3) is 0 Å². The zero-order valence-corrected chi connectivity index (χ0v) is 10.7. The number of nitrogens with zero attached hydrogens (tertiary/aromatic N) is 1. The fourth-order valence-electron chi connectivity index (χ4n) is 1.45. The van der Waals surface area contributed by atoms with E-state index in [1.165, 1.54) is 11.8 Å². The topological polar surface area (TPSA) is 72.0 Å². The Labute approximate surface area is 110 Å². The molecule has 1 heterocycles. The maximum atomic E-state index is 7.52. The molecule has 0 aliphatic heterocycles. The minimum Gasteiger partial charge on any atom is -0.497 e. The average molecular weight is 259 g/mol. The number of nitrogen functional groups attached to an aromatic ring is 1. The number of nitrogens with one attached hydrogen (secondary N) is 1. The maximum absolute atomic E-state index is 7.52. The van der Waals surface area contributed by atoms with E-state index in [1.807, 2.05) is 24.3 Å². The van der Waals surface area contributed by atoms with Gasteiger partial charge in [0.1, 0.15) is 16.6 Å². The Kier molecular flexibility index (Phi) is 3.84. The molecule has 0 saturated heterocycles. The first kappa shape index (κ1) is 12.4. The molecular formula is C13H13N3OS. The zero-order valence-electron chi connectivity index (χ0n) is 9.88. The monoisotopic (exact) mass is 259 g/mol. The first-order chi connectivity index (χ1) is 8.70. The van der Waals surface area contributed by atoms with E-state index in [0.717, 1.165) is 15.7 Å². The van der Waals surface area contributed by atoms with Crippen LogP contribution in [0.25, 0.3) is 0 Å². The lowest BCUT2D eigenvalue weighted by atomic mass is 10.3. The van der Waals surface area contributed by atoms with E-state index >= 15 is 0 Å². The van der Waals surface area contributed by atoms with Gasteiger partial charge in [0.05, 0.1) is 7.11 Å².